The van der Waals surface area contributed by atoms with Gasteiger partial charge in [-0.15, -0.1) is 0 Å². The Labute approximate surface area is 193 Å². The molecule has 0 aliphatic heterocycles. The highest BCUT2D eigenvalue weighted by atomic mass is 32.2. The third-order valence-electron chi connectivity index (χ3n) is 5.34. The van der Waals surface area contributed by atoms with E-state index in [0.29, 0.717) is 22.3 Å². The molecule has 0 radical (unpaired) electrons. The molecule has 0 bridgehead atoms. The average Bonchev–Trinajstić information content (AvgIpc) is 3.09. The maximum atomic E-state index is 12.8. The molecule has 1 aromatic heterocycles. The minimum Gasteiger partial charge on any atom is -0.350 e. The minimum atomic E-state index is -3.71. The maximum Gasteiger partial charge on any atom is 0.262 e. The van der Waals surface area contributed by atoms with Crippen molar-refractivity contribution < 1.29 is 13.2 Å². The van der Waals surface area contributed by atoms with Crippen LogP contribution in [-0.4, -0.2) is 29.9 Å². The first kappa shape index (κ1) is 22.5. The number of hydrogen-bond acceptors (Lipinski definition) is 4. The summed E-state index contributed by atoms with van der Waals surface area (Å²) < 4.78 is 30.3. The Kier molecular flexibility index (Phi) is 5.95. The number of carbonyl (C=O) groups is 1. The number of anilines is 1. The van der Waals surface area contributed by atoms with E-state index in [2.05, 4.69) is 10.0 Å². The molecule has 4 aromatic rings. The number of aryl methyl sites for hydroxylation is 2. The SMILES string of the molecule is Cc1ccccc1S(=O)(=O)Nc1ccc2c(c1)nc(-c1ccc(C(=O)NC(C)C)cc1)n2C. The summed E-state index contributed by atoms with van der Waals surface area (Å²) in [6.45, 7) is 5.60. The monoisotopic (exact) mass is 462 g/mol. The molecule has 3 aromatic carbocycles. The number of amides is 1. The summed E-state index contributed by atoms with van der Waals surface area (Å²) >= 11 is 0. The molecule has 0 fully saturated rings. The van der Waals surface area contributed by atoms with Gasteiger partial charge in [-0.1, -0.05) is 30.3 Å². The van der Waals surface area contributed by atoms with Crippen molar-refractivity contribution in [3.63, 3.8) is 0 Å². The molecule has 0 saturated heterocycles. The highest BCUT2D eigenvalue weighted by Crippen LogP contribution is 2.27. The van der Waals surface area contributed by atoms with E-state index in [4.69, 9.17) is 4.98 Å². The Morgan fingerprint density at radius 2 is 1.70 bits per heavy atom. The fourth-order valence-electron chi connectivity index (χ4n) is 3.71. The summed E-state index contributed by atoms with van der Waals surface area (Å²) in [5, 5.41) is 2.88. The lowest BCUT2D eigenvalue weighted by molar-refractivity contribution is 0.0943. The summed E-state index contributed by atoms with van der Waals surface area (Å²) in [7, 11) is -1.81. The molecule has 0 unspecified atom stereocenters. The second-order valence-corrected chi connectivity index (χ2v) is 9.93. The topological polar surface area (TPSA) is 93.1 Å². The number of rotatable bonds is 6. The van der Waals surface area contributed by atoms with Crippen molar-refractivity contribution in [2.45, 2.75) is 31.7 Å². The quantitative estimate of drug-likeness (QED) is 0.442. The van der Waals surface area contributed by atoms with Crippen LogP contribution in [0.1, 0.15) is 29.8 Å². The molecular weight excluding hydrogens is 436 g/mol. The Morgan fingerprint density at radius 1 is 1.00 bits per heavy atom. The van der Waals surface area contributed by atoms with Gasteiger partial charge in [0, 0.05) is 24.2 Å². The summed E-state index contributed by atoms with van der Waals surface area (Å²) in [5.74, 6) is 0.604. The fraction of sp³-hybridized carbons (Fsp3) is 0.200. The third-order valence-corrected chi connectivity index (χ3v) is 6.88. The number of fused-ring (bicyclic) bond motifs is 1. The van der Waals surface area contributed by atoms with Crippen LogP contribution in [0.3, 0.4) is 0 Å². The van der Waals surface area contributed by atoms with Gasteiger partial charge in [0.1, 0.15) is 5.82 Å². The van der Waals surface area contributed by atoms with E-state index in [1.807, 2.05) is 43.7 Å². The predicted molar refractivity (Wildman–Crippen MR) is 131 cm³/mol. The third kappa shape index (κ3) is 4.61. The van der Waals surface area contributed by atoms with E-state index in [-0.39, 0.29) is 16.8 Å². The van der Waals surface area contributed by atoms with E-state index in [9.17, 15) is 13.2 Å². The maximum absolute atomic E-state index is 12.8. The molecule has 7 nitrogen and oxygen atoms in total. The molecule has 170 valence electrons. The Hall–Kier alpha value is -3.65. The van der Waals surface area contributed by atoms with Gasteiger partial charge in [0.2, 0.25) is 0 Å². The summed E-state index contributed by atoms with van der Waals surface area (Å²) in [5.41, 5.74) is 4.09. The zero-order valence-electron chi connectivity index (χ0n) is 19.0. The van der Waals surface area contributed by atoms with Crippen LogP contribution < -0.4 is 10.0 Å². The zero-order valence-corrected chi connectivity index (χ0v) is 19.8. The lowest BCUT2D eigenvalue weighted by Crippen LogP contribution is -2.29. The molecule has 1 heterocycles. The molecule has 0 aliphatic rings. The summed E-state index contributed by atoms with van der Waals surface area (Å²) in [6, 6.07) is 19.5. The predicted octanol–water partition coefficient (Wildman–Crippen LogP) is 4.49. The molecule has 4 rings (SSSR count). The lowest BCUT2D eigenvalue weighted by atomic mass is 10.1. The highest BCUT2D eigenvalue weighted by molar-refractivity contribution is 7.92. The van der Waals surface area contributed by atoms with Crippen molar-refractivity contribution >= 4 is 32.7 Å². The standard InChI is InChI=1S/C25H26N4O3S/c1-16(2)26-25(30)19-11-9-18(10-12-19)24-27-21-15-20(13-14-22(21)29(24)4)28-33(31,32)23-8-6-5-7-17(23)3/h5-16,28H,1-4H3,(H,26,30). The normalized spacial score (nSPS) is 11.7. The zero-order chi connectivity index (χ0) is 23.8. The fourth-order valence-corrected chi connectivity index (χ4v) is 5.00. The van der Waals surface area contributed by atoms with Crippen molar-refractivity contribution in [1.29, 1.82) is 0 Å². The van der Waals surface area contributed by atoms with Crippen molar-refractivity contribution in [2.75, 3.05) is 4.72 Å². The van der Waals surface area contributed by atoms with E-state index < -0.39 is 10.0 Å². The van der Waals surface area contributed by atoms with Crippen molar-refractivity contribution in [3.05, 3.63) is 77.9 Å². The van der Waals surface area contributed by atoms with Gasteiger partial charge in [-0.25, -0.2) is 13.4 Å². The van der Waals surface area contributed by atoms with Crippen LogP contribution in [0.5, 0.6) is 0 Å². The van der Waals surface area contributed by atoms with Gasteiger partial charge in [0.05, 0.1) is 21.6 Å². The van der Waals surface area contributed by atoms with Gasteiger partial charge in [-0.05, 0) is 62.7 Å². The van der Waals surface area contributed by atoms with Crippen LogP contribution in [0, 0.1) is 6.92 Å². The van der Waals surface area contributed by atoms with Crippen molar-refractivity contribution in [1.82, 2.24) is 14.9 Å². The van der Waals surface area contributed by atoms with E-state index >= 15 is 0 Å². The van der Waals surface area contributed by atoms with E-state index in [0.717, 1.165) is 16.9 Å². The second-order valence-electron chi connectivity index (χ2n) is 8.27. The molecule has 1 amide bonds. The molecule has 33 heavy (non-hydrogen) atoms. The lowest BCUT2D eigenvalue weighted by Gasteiger charge is -2.10. The molecule has 8 heteroatoms. The number of sulfonamides is 1. The van der Waals surface area contributed by atoms with Crippen LogP contribution in [0.4, 0.5) is 5.69 Å². The molecular formula is C25H26N4O3S. The Balaban J connectivity index is 1.63. The van der Waals surface area contributed by atoms with Gasteiger partial charge in [0.25, 0.3) is 15.9 Å². The van der Waals surface area contributed by atoms with Gasteiger partial charge in [0.15, 0.2) is 0 Å². The summed E-state index contributed by atoms with van der Waals surface area (Å²) in [4.78, 5) is 17.2. The Bertz CT molecular complexity index is 1440. The number of aromatic nitrogens is 2. The van der Waals surface area contributed by atoms with E-state index in [1.165, 1.54) is 0 Å². The van der Waals surface area contributed by atoms with Gasteiger partial charge in [-0.2, -0.15) is 0 Å². The first-order chi connectivity index (χ1) is 15.7. The number of imidazole rings is 1. The Morgan fingerprint density at radius 3 is 2.36 bits per heavy atom. The number of nitrogens with one attached hydrogen (secondary N) is 2. The van der Waals surface area contributed by atoms with Crippen molar-refractivity contribution in [2.24, 2.45) is 7.05 Å². The van der Waals surface area contributed by atoms with E-state index in [1.54, 1.807) is 55.5 Å². The van der Waals surface area contributed by atoms with Crippen LogP contribution in [0.2, 0.25) is 0 Å². The number of carbonyl (C=O) groups excluding carboxylic acids is 1. The van der Waals surface area contributed by atoms with Crippen LogP contribution >= 0.6 is 0 Å². The van der Waals surface area contributed by atoms with Crippen LogP contribution in [0.25, 0.3) is 22.4 Å². The van der Waals surface area contributed by atoms with Crippen LogP contribution in [-0.2, 0) is 17.1 Å². The second kappa shape index (κ2) is 8.71. The highest BCUT2D eigenvalue weighted by Gasteiger charge is 2.18. The van der Waals surface area contributed by atoms with Crippen LogP contribution in [0.15, 0.2) is 71.6 Å². The van der Waals surface area contributed by atoms with Gasteiger partial charge < -0.3 is 9.88 Å². The minimum absolute atomic E-state index is 0.0643. The smallest absolute Gasteiger partial charge is 0.262 e. The largest absolute Gasteiger partial charge is 0.350 e. The molecule has 0 atom stereocenters. The first-order valence-electron chi connectivity index (χ1n) is 10.6. The van der Waals surface area contributed by atoms with Gasteiger partial charge >= 0.3 is 0 Å². The molecule has 0 saturated carbocycles. The number of hydrogen-bond donors (Lipinski definition) is 2. The van der Waals surface area contributed by atoms with Crippen molar-refractivity contribution in [3.8, 4) is 11.4 Å². The average molecular weight is 463 g/mol. The summed E-state index contributed by atoms with van der Waals surface area (Å²) in [6.07, 6.45) is 0. The van der Waals surface area contributed by atoms with Gasteiger partial charge in [-0.3, -0.25) is 9.52 Å². The first-order valence-corrected chi connectivity index (χ1v) is 12.1. The number of nitrogens with zero attached hydrogens (tertiary/aromatic N) is 2. The molecule has 2 N–H and O–H groups in total. The molecule has 0 spiro atoms. The molecule has 0 aliphatic carbocycles. The number of benzene rings is 3.